The van der Waals surface area contributed by atoms with E-state index in [1.807, 2.05) is 0 Å². The molecule has 2 aromatic rings. The molecule has 0 saturated carbocycles. The quantitative estimate of drug-likeness (QED) is 0.0853. The topological polar surface area (TPSA) is 208 Å². The van der Waals surface area contributed by atoms with Crippen molar-refractivity contribution in [3.05, 3.63) is 87.0 Å². The molecule has 0 bridgehead atoms. The van der Waals surface area contributed by atoms with Crippen LogP contribution < -0.4 is 0 Å². The Hall–Kier alpha value is -5.53. The van der Waals surface area contributed by atoms with Crippen molar-refractivity contribution >= 4 is 28.9 Å². The Balaban J connectivity index is 3.33. The second kappa shape index (κ2) is 14.7. The number of alkyl halides is 12. The Morgan fingerprint density at radius 3 is 1.00 bits per heavy atom. The highest BCUT2D eigenvalue weighted by Gasteiger charge is 2.81. The molecule has 0 amide bonds. The fraction of sp³-hybridized carbons (Fsp3) is 0.519. The number of rotatable bonds is 12. The van der Waals surface area contributed by atoms with Gasteiger partial charge in [-0.05, 0) is 35.8 Å². The Morgan fingerprint density at radius 1 is 0.556 bits per heavy atom. The van der Waals surface area contributed by atoms with Crippen molar-refractivity contribution in [2.75, 3.05) is 0 Å². The lowest BCUT2D eigenvalue weighted by molar-refractivity contribution is -0.415. The molecule has 2 rings (SSSR count). The number of nitro benzene ring substituents is 4. The highest BCUT2D eigenvalue weighted by atomic mass is 19.4. The van der Waals surface area contributed by atoms with E-state index in [0.29, 0.717) is 0 Å². The van der Waals surface area contributed by atoms with Gasteiger partial charge in [0.25, 0.3) is 22.7 Å². The predicted octanol–water partition coefficient (Wildman–Crippen LogP) is 9.84. The second-order valence-electron chi connectivity index (χ2n) is 11.3. The molecular formula is C27H22F12N4O11. The van der Waals surface area contributed by atoms with Crippen molar-refractivity contribution in [2.45, 2.75) is 88.3 Å². The lowest BCUT2D eigenvalue weighted by atomic mass is 9.81. The van der Waals surface area contributed by atoms with Gasteiger partial charge in [0.2, 0.25) is 0 Å². The maximum atomic E-state index is 14.9. The summed E-state index contributed by atoms with van der Waals surface area (Å²) in [6.45, 7) is 3.52. The monoisotopic (exact) mass is 806 g/mol. The number of halogens is 12. The molecule has 0 aromatic heterocycles. The molecule has 54 heavy (non-hydrogen) atoms. The SMILES string of the molecule is CCC(C)c1cc([N+](=O)[O-])cc([N+](=O)[O-])c1C(OC(=O)OC(c1c(C(C)CC)cc([N+](=O)[O-])cc1[N+](=O)[O-])(C(F)(F)F)C(F)(F)F)(C(F)(F)F)C(F)(F)F. The molecule has 0 N–H and O–H groups in total. The fourth-order valence-corrected chi connectivity index (χ4v) is 5.24. The van der Waals surface area contributed by atoms with E-state index in [1.54, 1.807) is 0 Å². The molecule has 0 aliphatic carbocycles. The zero-order valence-electron chi connectivity index (χ0n) is 27.2. The Labute approximate surface area is 291 Å². The van der Waals surface area contributed by atoms with Crippen LogP contribution in [0.25, 0.3) is 0 Å². The summed E-state index contributed by atoms with van der Waals surface area (Å²) in [5.41, 5.74) is -30.3. The van der Waals surface area contributed by atoms with Crippen LogP contribution in [0.5, 0.6) is 0 Å². The van der Waals surface area contributed by atoms with Crippen LogP contribution in [0.4, 0.5) is 80.2 Å². The van der Waals surface area contributed by atoms with E-state index in [-0.39, 0.29) is 12.1 Å². The minimum absolute atomic E-state index is 0.0776. The summed E-state index contributed by atoms with van der Waals surface area (Å²) in [6, 6.07) is -1.13. The van der Waals surface area contributed by atoms with Gasteiger partial charge in [-0.3, -0.25) is 40.5 Å². The number of non-ortho nitro benzene ring substituents is 2. The zero-order valence-corrected chi connectivity index (χ0v) is 27.2. The van der Waals surface area contributed by atoms with Crippen LogP contribution in [-0.4, -0.2) is 50.6 Å². The third-order valence-electron chi connectivity index (χ3n) is 8.14. The Morgan fingerprint density at radius 2 is 0.815 bits per heavy atom. The summed E-state index contributed by atoms with van der Waals surface area (Å²) < 4.78 is 185. The van der Waals surface area contributed by atoms with Crippen LogP contribution in [0, 0.1) is 40.5 Å². The third-order valence-corrected chi connectivity index (χ3v) is 8.14. The van der Waals surface area contributed by atoms with Crippen LogP contribution in [-0.2, 0) is 20.7 Å². The zero-order chi connectivity index (χ0) is 42.3. The second-order valence-corrected chi connectivity index (χ2v) is 11.3. The molecule has 15 nitrogen and oxygen atoms in total. The van der Waals surface area contributed by atoms with Crippen molar-refractivity contribution < 1.29 is 86.6 Å². The average molecular weight is 806 g/mol. The molecule has 0 spiro atoms. The molecule has 0 fully saturated rings. The fourth-order valence-electron chi connectivity index (χ4n) is 5.24. The molecule has 0 radical (unpaired) electrons. The highest BCUT2D eigenvalue weighted by molar-refractivity contribution is 5.67. The van der Waals surface area contributed by atoms with Crippen molar-refractivity contribution in [1.29, 1.82) is 0 Å². The number of carbonyl (C=O) groups excluding carboxylic acids is 1. The normalized spacial score (nSPS) is 14.2. The van der Waals surface area contributed by atoms with Gasteiger partial charge in [-0.15, -0.1) is 0 Å². The van der Waals surface area contributed by atoms with E-state index >= 15 is 0 Å². The first-order chi connectivity index (χ1) is 24.3. The number of hydrogen-bond acceptors (Lipinski definition) is 11. The van der Waals surface area contributed by atoms with Gasteiger partial charge in [-0.2, -0.15) is 52.7 Å². The van der Waals surface area contributed by atoms with E-state index in [2.05, 4.69) is 9.47 Å². The molecule has 2 aromatic carbocycles. The largest absolute Gasteiger partial charge is 0.511 e. The molecule has 0 aliphatic rings. The first kappa shape index (κ1) is 44.6. The third kappa shape index (κ3) is 7.60. The number of hydrogen-bond donors (Lipinski definition) is 0. The molecule has 27 heteroatoms. The summed E-state index contributed by atoms with van der Waals surface area (Å²) in [4.78, 5) is 52.4. The Bertz CT molecular complexity index is 1690. The number of nitrogens with zero attached hydrogens (tertiary/aromatic N) is 4. The number of nitro groups is 4. The van der Waals surface area contributed by atoms with Crippen molar-refractivity contribution in [2.24, 2.45) is 0 Å². The number of ether oxygens (including phenoxy) is 2. The van der Waals surface area contributed by atoms with Crippen LogP contribution in [0.3, 0.4) is 0 Å². The minimum atomic E-state index is -7.34. The van der Waals surface area contributed by atoms with Gasteiger partial charge < -0.3 is 9.47 Å². The van der Waals surface area contributed by atoms with Crippen LogP contribution >= 0.6 is 0 Å². The Kier molecular flexibility index (Phi) is 12.2. The van der Waals surface area contributed by atoms with Crippen LogP contribution in [0.15, 0.2) is 24.3 Å². The van der Waals surface area contributed by atoms with E-state index in [9.17, 15) is 97.9 Å². The van der Waals surface area contributed by atoms with E-state index in [4.69, 9.17) is 0 Å². The smallest absolute Gasteiger partial charge is 0.403 e. The van der Waals surface area contributed by atoms with Gasteiger partial charge >= 0.3 is 42.1 Å². The molecule has 2 atom stereocenters. The molecule has 2 unspecified atom stereocenters. The van der Waals surface area contributed by atoms with Gasteiger partial charge in [-0.1, -0.05) is 27.7 Å². The predicted molar refractivity (Wildman–Crippen MR) is 152 cm³/mol. The van der Waals surface area contributed by atoms with E-state index < -0.39 is 144 Å². The molecule has 0 aliphatic heterocycles. The van der Waals surface area contributed by atoms with E-state index in [1.165, 1.54) is 0 Å². The van der Waals surface area contributed by atoms with Crippen LogP contribution in [0.1, 0.15) is 74.6 Å². The van der Waals surface area contributed by atoms with Crippen molar-refractivity contribution in [3.63, 3.8) is 0 Å². The number of carbonyl (C=O) groups is 1. The summed E-state index contributed by atoms with van der Waals surface area (Å²) >= 11 is 0. The summed E-state index contributed by atoms with van der Waals surface area (Å²) in [7, 11) is 0. The minimum Gasteiger partial charge on any atom is -0.403 e. The van der Waals surface area contributed by atoms with Crippen molar-refractivity contribution in [1.82, 2.24) is 0 Å². The standard InChI is InChI=1S/C27H22F12N4O11/c1-5-11(3)15-7-13(40(45)46)9-17(42(49)50)19(15)22(24(28,29)30,25(31,32)33)53-21(44)54-23(26(34,35)36,27(37,38)39)20-16(12(4)6-2)8-14(41(47)48)10-18(20)43(51)52/h7-12H,5-6H2,1-4H3. The maximum Gasteiger partial charge on any atom is 0.511 e. The van der Waals surface area contributed by atoms with Gasteiger partial charge in [0.05, 0.1) is 43.0 Å². The number of benzene rings is 2. The average Bonchev–Trinajstić information content (AvgIpc) is 3.01. The molecular weight excluding hydrogens is 784 g/mol. The first-order valence-electron chi connectivity index (χ1n) is 14.4. The van der Waals surface area contributed by atoms with Gasteiger partial charge in [-0.25, -0.2) is 4.79 Å². The molecule has 0 saturated heterocycles. The maximum absolute atomic E-state index is 14.9. The summed E-state index contributed by atoms with van der Waals surface area (Å²) in [5.74, 6) is -3.65. The van der Waals surface area contributed by atoms with Crippen LogP contribution in [0.2, 0.25) is 0 Å². The first-order valence-corrected chi connectivity index (χ1v) is 14.4. The highest BCUT2D eigenvalue weighted by Crippen LogP contribution is 2.61. The van der Waals surface area contributed by atoms with Gasteiger partial charge in [0.1, 0.15) is 0 Å². The van der Waals surface area contributed by atoms with Gasteiger partial charge in [0.15, 0.2) is 0 Å². The summed E-state index contributed by atoms with van der Waals surface area (Å²) in [6.07, 6.45) is -34.8. The lowest BCUT2D eigenvalue weighted by Gasteiger charge is -2.40. The van der Waals surface area contributed by atoms with E-state index in [0.717, 1.165) is 27.7 Å². The van der Waals surface area contributed by atoms with Crippen molar-refractivity contribution in [3.8, 4) is 0 Å². The molecule has 0 heterocycles. The lowest BCUT2D eigenvalue weighted by Crippen LogP contribution is -2.61. The van der Waals surface area contributed by atoms with Gasteiger partial charge in [0, 0.05) is 12.1 Å². The summed E-state index contributed by atoms with van der Waals surface area (Å²) in [5, 5.41) is 46.6. The molecule has 300 valence electrons.